The lowest BCUT2D eigenvalue weighted by Gasteiger charge is -2.27. The van der Waals surface area contributed by atoms with Gasteiger partial charge < -0.3 is 10.1 Å². The average molecular weight is 279 g/mol. The van der Waals surface area contributed by atoms with Crippen molar-refractivity contribution >= 4 is 11.8 Å². The maximum Gasteiger partial charge on any atom is 0.118 e. The number of nitrogens with one attached hydrogen (secondary N) is 1. The highest BCUT2D eigenvalue weighted by Crippen LogP contribution is 2.24. The summed E-state index contributed by atoms with van der Waals surface area (Å²) in [5, 5.41) is 3.70. The molecule has 1 saturated carbocycles. The minimum Gasteiger partial charge on any atom is -0.497 e. The molecule has 2 nitrogen and oxygen atoms in total. The third-order valence-corrected chi connectivity index (χ3v) is 4.81. The molecule has 0 aliphatic heterocycles. The van der Waals surface area contributed by atoms with Crippen LogP contribution in [0.2, 0.25) is 0 Å². The third kappa shape index (κ3) is 5.07. The summed E-state index contributed by atoms with van der Waals surface area (Å²) in [5.74, 6) is 2.97. The summed E-state index contributed by atoms with van der Waals surface area (Å²) in [6.07, 6.45) is 5.52. The summed E-state index contributed by atoms with van der Waals surface area (Å²) in [5.41, 5.74) is 0. The third-order valence-electron chi connectivity index (χ3n) is 3.80. The molecule has 2 rings (SSSR count). The number of rotatable bonds is 6. The van der Waals surface area contributed by atoms with E-state index < -0.39 is 0 Å². The monoisotopic (exact) mass is 279 g/mol. The second kappa shape index (κ2) is 7.81. The Kier molecular flexibility index (Phi) is 6.05. The van der Waals surface area contributed by atoms with Crippen LogP contribution in [0, 0.1) is 5.92 Å². The molecule has 106 valence electrons. The van der Waals surface area contributed by atoms with Gasteiger partial charge in [0.15, 0.2) is 0 Å². The minimum absolute atomic E-state index is 0.750. The number of methoxy groups -OCH3 is 1. The van der Waals surface area contributed by atoms with E-state index in [0.717, 1.165) is 30.0 Å². The molecule has 2 atom stereocenters. The molecule has 1 aliphatic carbocycles. The van der Waals surface area contributed by atoms with Gasteiger partial charge in [-0.1, -0.05) is 19.8 Å². The van der Waals surface area contributed by atoms with E-state index in [1.165, 1.54) is 30.6 Å². The van der Waals surface area contributed by atoms with Crippen molar-refractivity contribution in [2.24, 2.45) is 5.92 Å². The molecule has 0 bridgehead atoms. The number of benzene rings is 1. The van der Waals surface area contributed by atoms with Crippen molar-refractivity contribution < 1.29 is 4.74 Å². The Morgan fingerprint density at radius 1 is 1.26 bits per heavy atom. The van der Waals surface area contributed by atoms with E-state index >= 15 is 0 Å². The maximum atomic E-state index is 5.16. The fraction of sp³-hybridized carbons (Fsp3) is 0.625. The lowest BCUT2D eigenvalue weighted by Crippen LogP contribution is -2.34. The second-order valence-corrected chi connectivity index (χ2v) is 6.62. The van der Waals surface area contributed by atoms with E-state index in [2.05, 4.69) is 24.4 Å². The Morgan fingerprint density at radius 2 is 2.05 bits per heavy atom. The number of thioether (sulfide) groups is 1. The normalized spacial score (nSPS) is 23.3. The lowest BCUT2D eigenvalue weighted by molar-refractivity contribution is 0.306. The lowest BCUT2D eigenvalue weighted by atomic mass is 9.87. The Hall–Kier alpha value is -0.670. The molecule has 1 fully saturated rings. The Morgan fingerprint density at radius 3 is 2.74 bits per heavy atom. The second-order valence-electron chi connectivity index (χ2n) is 5.45. The van der Waals surface area contributed by atoms with Crippen LogP contribution in [-0.4, -0.2) is 25.4 Å². The zero-order valence-electron chi connectivity index (χ0n) is 12.0. The highest BCUT2D eigenvalue weighted by Gasteiger charge is 2.17. The summed E-state index contributed by atoms with van der Waals surface area (Å²) in [6, 6.07) is 9.07. The van der Waals surface area contributed by atoms with Crippen molar-refractivity contribution in [2.45, 2.75) is 43.5 Å². The Balaban J connectivity index is 1.63. The Labute approximate surface area is 121 Å². The van der Waals surface area contributed by atoms with Crippen LogP contribution in [0.25, 0.3) is 0 Å². The molecular formula is C16H25NOS. The van der Waals surface area contributed by atoms with Gasteiger partial charge in [0.2, 0.25) is 0 Å². The summed E-state index contributed by atoms with van der Waals surface area (Å²) in [7, 11) is 1.71. The average Bonchev–Trinajstić information content (AvgIpc) is 2.44. The van der Waals surface area contributed by atoms with Crippen LogP contribution < -0.4 is 10.1 Å². The van der Waals surface area contributed by atoms with Crippen molar-refractivity contribution in [3.8, 4) is 5.75 Å². The Bertz CT molecular complexity index is 366. The van der Waals surface area contributed by atoms with E-state index in [1.807, 2.05) is 23.9 Å². The molecule has 0 aromatic heterocycles. The van der Waals surface area contributed by atoms with Gasteiger partial charge >= 0.3 is 0 Å². The van der Waals surface area contributed by atoms with Crippen molar-refractivity contribution in [1.82, 2.24) is 5.32 Å². The van der Waals surface area contributed by atoms with Gasteiger partial charge in [-0.2, -0.15) is 0 Å². The fourth-order valence-electron chi connectivity index (χ4n) is 2.72. The van der Waals surface area contributed by atoms with Crippen molar-refractivity contribution in [3.63, 3.8) is 0 Å². The van der Waals surface area contributed by atoms with Gasteiger partial charge in [0.1, 0.15) is 5.75 Å². The van der Waals surface area contributed by atoms with Crippen LogP contribution in [0.5, 0.6) is 5.75 Å². The van der Waals surface area contributed by atoms with E-state index in [9.17, 15) is 0 Å². The highest BCUT2D eigenvalue weighted by atomic mass is 32.2. The fourth-order valence-corrected chi connectivity index (χ4v) is 3.51. The molecule has 0 amide bonds. The van der Waals surface area contributed by atoms with Crippen LogP contribution in [0.3, 0.4) is 0 Å². The standard InChI is InChI=1S/C16H25NOS/c1-13-4-3-5-14(12-13)17-10-11-19-16-8-6-15(18-2)7-9-16/h6-9,13-14,17H,3-5,10-12H2,1-2H3. The van der Waals surface area contributed by atoms with E-state index in [0.29, 0.717) is 0 Å². The molecule has 19 heavy (non-hydrogen) atoms. The zero-order valence-corrected chi connectivity index (χ0v) is 12.8. The molecule has 2 unspecified atom stereocenters. The smallest absolute Gasteiger partial charge is 0.118 e. The number of hydrogen-bond donors (Lipinski definition) is 1. The number of hydrogen-bond acceptors (Lipinski definition) is 3. The first-order valence-electron chi connectivity index (χ1n) is 7.28. The molecular weight excluding hydrogens is 254 g/mol. The summed E-state index contributed by atoms with van der Waals surface area (Å²) < 4.78 is 5.16. The quantitative estimate of drug-likeness (QED) is 0.629. The van der Waals surface area contributed by atoms with Crippen LogP contribution in [0.1, 0.15) is 32.6 Å². The molecule has 0 radical (unpaired) electrons. The molecule has 0 heterocycles. The van der Waals surface area contributed by atoms with E-state index in [-0.39, 0.29) is 0 Å². The van der Waals surface area contributed by atoms with Crippen LogP contribution in [0.4, 0.5) is 0 Å². The predicted octanol–water partition coefficient (Wildman–Crippen LogP) is 3.96. The topological polar surface area (TPSA) is 21.3 Å². The molecule has 0 spiro atoms. The van der Waals surface area contributed by atoms with Crippen molar-refractivity contribution in [2.75, 3.05) is 19.4 Å². The molecule has 1 aromatic rings. The molecule has 0 saturated heterocycles. The molecule has 1 N–H and O–H groups in total. The number of ether oxygens (including phenoxy) is 1. The molecule has 1 aromatic carbocycles. The highest BCUT2D eigenvalue weighted by molar-refractivity contribution is 7.99. The SMILES string of the molecule is COc1ccc(SCCNC2CCCC(C)C2)cc1. The van der Waals surface area contributed by atoms with E-state index in [4.69, 9.17) is 4.74 Å². The van der Waals surface area contributed by atoms with Gasteiger partial charge in [0.25, 0.3) is 0 Å². The molecule has 3 heteroatoms. The van der Waals surface area contributed by atoms with Crippen LogP contribution in [0.15, 0.2) is 29.2 Å². The molecule has 1 aliphatic rings. The van der Waals surface area contributed by atoms with Crippen molar-refractivity contribution in [3.05, 3.63) is 24.3 Å². The summed E-state index contributed by atoms with van der Waals surface area (Å²) >= 11 is 1.91. The largest absolute Gasteiger partial charge is 0.497 e. The van der Waals surface area contributed by atoms with Gasteiger partial charge in [0, 0.05) is 23.2 Å². The first-order chi connectivity index (χ1) is 9.28. The minimum atomic E-state index is 0.750. The van der Waals surface area contributed by atoms with Gasteiger partial charge in [0.05, 0.1) is 7.11 Å². The summed E-state index contributed by atoms with van der Waals surface area (Å²) in [6.45, 7) is 3.48. The van der Waals surface area contributed by atoms with Crippen LogP contribution >= 0.6 is 11.8 Å². The van der Waals surface area contributed by atoms with Gasteiger partial charge in [-0.3, -0.25) is 0 Å². The zero-order chi connectivity index (χ0) is 13.5. The van der Waals surface area contributed by atoms with Gasteiger partial charge in [-0.05, 0) is 43.0 Å². The summed E-state index contributed by atoms with van der Waals surface area (Å²) in [4.78, 5) is 1.32. The van der Waals surface area contributed by atoms with Gasteiger partial charge in [-0.25, -0.2) is 0 Å². The first-order valence-corrected chi connectivity index (χ1v) is 8.26. The maximum absolute atomic E-state index is 5.16. The first kappa shape index (κ1) is 14.7. The predicted molar refractivity (Wildman–Crippen MR) is 83.1 cm³/mol. The van der Waals surface area contributed by atoms with Crippen LogP contribution in [-0.2, 0) is 0 Å². The van der Waals surface area contributed by atoms with Gasteiger partial charge in [-0.15, -0.1) is 11.8 Å². The van der Waals surface area contributed by atoms with Crippen molar-refractivity contribution in [1.29, 1.82) is 0 Å². The van der Waals surface area contributed by atoms with E-state index in [1.54, 1.807) is 7.11 Å².